The number of aromatic nitrogens is 2. The molecule has 0 spiro atoms. The predicted octanol–water partition coefficient (Wildman–Crippen LogP) is 2.02. The van der Waals surface area contributed by atoms with E-state index in [1.54, 1.807) is 13.2 Å². The summed E-state index contributed by atoms with van der Waals surface area (Å²) in [4.78, 5) is 0. The summed E-state index contributed by atoms with van der Waals surface area (Å²) in [5.74, 6) is -1.47. The van der Waals surface area contributed by atoms with E-state index in [0.717, 1.165) is 12.1 Å². The van der Waals surface area contributed by atoms with Crippen molar-refractivity contribution in [3.63, 3.8) is 0 Å². The van der Waals surface area contributed by atoms with Crippen LogP contribution in [0.5, 0.6) is 0 Å². The van der Waals surface area contributed by atoms with Gasteiger partial charge < -0.3 is 11.1 Å². The van der Waals surface area contributed by atoms with Gasteiger partial charge in [-0.2, -0.15) is 5.10 Å². The molecule has 0 fully saturated rings. The van der Waals surface area contributed by atoms with Crippen LogP contribution in [-0.2, 0) is 7.05 Å². The summed E-state index contributed by atoms with van der Waals surface area (Å²) in [6, 6.07) is 2.11. The smallest absolute Gasteiger partial charge is 0.151 e. The molecule has 0 saturated heterocycles. The molecular formula is C10H10F2N4. The van der Waals surface area contributed by atoms with Gasteiger partial charge in [-0.05, 0) is 12.1 Å². The Morgan fingerprint density at radius 3 is 2.44 bits per heavy atom. The molecule has 0 aliphatic carbocycles. The molecule has 0 bridgehead atoms. The molecule has 0 atom stereocenters. The van der Waals surface area contributed by atoms with Gasteiger partial charge in [0.25, 0.3) is 0 Å². The van der Waals surface area contributed by atoms with Crippen molar-refractivity contribution in [1.82, 2.24) is 9.78 Å². The number of hydrogen-bond donors (Lipinski definition) is 2. The molecular weight excluding hydrogens is 214 g/mol. The van der Waals surface area contributed by atoms with Crippen molar-refractivity contribution in [3.8, 4) is 0 Å². The predicted molar refractivity (Wildman–Crippen MR) is 57.3 cm³/mol. The van der Waals surface area contributed by atoms with Crippen LogP contribution in [-0.4, -0.2) is 9.78 Å². The van der Waals surface area contributed by atoms with E-state index in [1.165, 1.54) is 10.9 Å². The molecule has 2 aromatic rings. The Hall–Kier alpha value is -2.11. The van der Waals surface area contributed by atoms with E-state index < -0.39 is 11.6 Å². The van der Waals surface area contributed by atoms with Crippen LogP contribution in [0.3, 0.4) is 0 Å². The number of anilines is 3. The summed E-state index contributed by atoms with van der Waals surface area (Å²) in [5, 5.41) is 6.47. The highest BCUT2D eigenvalue weighted by molar-refractivity contribution is 5.62. The maximum absolute atomic E-state index is 13.4. The maximum atomic E-state index is 13.4. The van der Waals surface area contributed by atoms with Gasteiger partial charge in [0, 0.05) is 18.9 Å². The highest BCUT2D eigenvalue weighted by Gasteiger charge is 2.10. The van der Waals surface area contributed by atoms with Gasteiger partial charge >= 0.3 is 0 Å². The molecule has 6 heteroatoms. The van der Waals surface area contributed by atoms with Crippen LogP contribution in [0.25, 0.3) is 0 Å². The second-order valence-corrected chi connectivity index (χ2v) is 3.39. The first-order valence-electron chi connectivity index (χ1n) is 4.56. The summed E-state index contributed by atoms with van der Waals surface area (Å²) < 4.78 is 28.3. The molecule has 0 amide bonds. The highest BCUT2D eigenvalue weighted by atomic mass is 19.1. The zero-order valence-corrected chi connectivity index (χ0v) is 8.54. The van der Waals surface area contributed by atoms with Gasteiger partial charge in [0.1, 0.15) is 5.69 Å². The van der Waals surface area contributed by atoms with E-state index in [0.29, 0.717) is 5.69 Å². The van der Waals surface area contributed by atoms with Gasteiger partial charge in [0.15, 0.2) is 11.6 Å². The fourth-order valence-corrected chi connectivity index (χ4v) is 1.34. The minimum absolute atomic E-state index is 0.0479. The number of nitrogens with two attached hydrogens (primary N) is 1. The molecule has 0 aliphatic heterocycles. The molecule has 0 aliphatic rings. The fraction of sp³-hybridized carbons (Fsp3) is 0.100. The number of halogens is 2. The van der Waals surface area contributed by atoms with Crippen LogP contribution in [0, 0.1) is 11.6 Å². The molecule has 0 unspecified atom stereocenters. The summed E-state index contributed by atoms with van der Waals surface area (Å²) in [6.07, 6.45) is 3.07. The molecule has 2 rings (SSSR count). The van der Waals surface area contributed by atoms with Gasteiger partial charge in [-0.1, -0.05) is 0 Å². The van der Waals surface area contributed by atoms with Crippen LogP contribution in [0.15, 0.2) is 24.5 Å². The Morgan fingerprint density at radius 1 is 1.31 bits per heavy atom. The summed E-state index contributed by atoms with van der Waals surface area (Å²) in [5.41, 5.74) is 5.62. The van der Waals surface area contributed by atoms with E-state index in [4.69, 9.17) is 5.73 Å². The Bertz CT molecular complexity index is 498. The largest absolute Gasteiger partial charge is 0.399 e. The van der Waals surface area contributed by atoms with Crippen molar-refractivity contribution >= 4 is 17.1 Å². The van der Waals surface area contributed by atoms with Crippen molar-refractivity contribution in [3.05, 3.63) is 36.2 Å². The quantitative estimate of drug-likeness (QED) is 0.767. The number of benzene rings is 1. The van der Waals surface area contributed by atoms with E-state index in [9.17, 15) is 8.78 Å². The standard InChI is InChI=1S/C10H10F2N4/c1-16-5-7(4-14-16)15-10-8(11)2-6(13)3-9(10)12/h2-5,15H,13H2,1H3. The zero-order valence-electron chi connectivity index (χ0n) is 8.54. The van der Waals surface area contributed by atoms with Crippen molar-refractivity contribution < 1.29 is 8.78 Å². The Morgan fingerprint density at radius 2 is 1.94 bits per heavy atom. The van der Waals surface area contributed by atoms with E-state index in [-0.39, 0.29) is 11.4 Å². The lowest BCUT2D eigenvalue weighted by molar-refractivity contribution is 0.592. The number of nitrogen functional groups attached to an aromatic ring is 1. The summed E-state index contributed by atoms with van der Waals surface area (Å²) in [7, 11) is 1.71. The average molecular weight is 224 g/mol. The summed E-state index contributed by atoms with van der Waals surface area (Å²) >= 11 is 0. The lowest BCUT2D eigenvalue weighted by atomic mass is 10.2. The van der Waals surface area contributed by atoms with Crippen LogP contribution in [0.4, 0.5) is 25.8 Å². The maximum Gasteiger partial charge on any atom is 0.151 e. The third kappa shape index (κ3) is 1.95. The van der Waals surface area contributed by atoms with Gasteiger partial charge in [-0.15, -0.1) is 0 Å². The molecule has 4 nitrogen and oxygen atoms in total. The molecule has 1 aromatic heterocycles. The Kier molecular flexibility index (Phi) is 2.47. The van der Waals surface area contributed by atoms with Crippen molar-refractivity contribution in [2.24, 2.45) is 7.05 Å². The lowest BCUT2D eigenvalue weighted by Gasteiger charge is -2.07. The SMILES string of the molecule is Cn1cc(Nc2c(F)cc(N)cc2F)cn1. The van der Waals surface area contributed by atoms with E-state index >= 15 is 0 Å². The highest BCUT2D eigenvalue weighted by Crippen LogP contribution is 2.25. The summed E-state index contributed by atoms with van der Waals surface area (Å²) in [6.45, 7) is 0. The topological polar surface area (TPSA) is 55.9 Å². The van der Waals surface area contributed by atoms with Crippen molar-refractivity contribution in [2.75, 3.05) is 11.1 Å². The third-order valence-corrected chi connectivity index (χ3v) is 2.04. The Labute approximate surface area is 90.7 Å². The van der Waals surface area contributed by atoms with Crippen LogP contribution in [0.1, 0.15) is 0 Å². The van der Waals surface area contributed by atoms with Gasteiger partial charge in [0.2, 0.25) is 0 Å². The molecule has 16 heavy (non-hydrogen) atoms. The minimum atomic E-state index is -0.735. The second-order valence-electron chi connectivity index (χ2n) is 3.39. The van der Waals surface area contributed by atoms with E-state index in [1.807, 2.05) is 0 Å². The molecule has 1 heterocycles. The van der Waals surface area contributed by atoms with Crippen molar-refractivity contribution in [1.29, 1.82) is 0 Å². The minimum Gasteiger partial charge on any atom is -0.399 e. The van der Waals surface area contributed by atoms with Crippen LogP contribution >= 0.6 is 0 Å². The number of rotatable bonds is 2. The van der Waals surface area contributed by atoms with Gasteiger partial charge in [0.05, 0.1) is 11.9 Å². The monoisotopic (exact) mass is 224 g/mol. The van der Waals surface area contributed by atoms with Crippen LogP contribution in [0.2, 0.25) is 0 Å². The first-order chi connectivity index (χ1) is 7.56. The van der Waals surface area contributed by atoms with E-state index in [2.05, 4.69) is 10.4 Å². The normalized spacial score (nSPS) is 10.4. The molecule has 84 valence electrons. The number of nitrogens with one attached hydrogen (secondary N) is 1. The molecule has 1 aromatic carbocycles. The molecule has 0 saturated carbocycles. The van der Waals surface area contributed by atoms with Crippen LogP contribution < -0.4 is 11.1 Å². The molecule has 3 N–H and O–H groups in total. The Balaban J connectivity index is 2.34. The number of aryl methyl sites for hydroxylation is 1. The second kappa shape index (κ2) is 3.80. The molecule has 0 radical (unpaired) electrons. The first-order valence-corrected chi connectivity index (χ1v) is 4.56. The van der Waals surface area contributed by atoms with Crippen molar-refractivity contribution in [2.45, 2.75) is 0 Å². The third-order valence-electron chi connectivity index (χ3n) is 2.04. The average Bonchev–Trinajstić information content (AvgIpc) is 2.58. The zero-order chi connectivity index (χ0) is 11.7. The van der Waals surface area contributed by atoms with Gasteiger partial charge in [-0.3, -0.25) is 4.68 Å². The lowest BCUT2D eigenvalue weighted by Crippen LogP contribution is -1.99. The fourth-order valence-electron chi connectivity index (χ4n) is 1.34. The first kappa shape index (κ1) is 10.4. The number of nitrogens with zero attached hydrogens (tertiary/aromatic N) is 2. The van der Waals surface area contributed by atoms with Gasteiger partial charge in [-0.25, -0.2) is 8.78 Å². The number of hydrogen-bond acceptors (Lipinski definition) is 3.